The second-order valence-electron chi connectivity index (χ2n) is 6.85. The average molecular weight is 347 g/mol. The van der Waals surface area contributed by atoms with Crippen molar-refractivity contribution in [2.24, 2.45) is 0 Å². The fourth-order valence-electron chi connectivity index (χ4n) is 2.42. The van der Waals surface area contributed by atoms with E-state index in [1.807, 2.05) is 75.4 Å². The lowest BCUT2D eigenvalue weighted by molar-refractivity contribution is 0.0636. The van der Waals surface area contributed by atoms with Crippen LogP contribution < -0.4 is 5.32 Å². The molecule has 2 aromatic heterocycles. The van der Waals surface area contributed by atoms with Gasteiger partial charge in [0.05, 0.1) is 11.4 Å². The van der Waals surface area contributed by atoms with Gasteiger partial charge in [0.25, 0.3) is 0 Å². The fraction of sp³-hybridized carbons (Fsp3) is 0.190. The Hall–Kier alpha value is -3.21. The molecule has 0 bridgehead atoms. The van der Waals surface area contributed by atoms with Gasteiger partial charge >= 0.3 is 6.09 Å². The number of carbonyl (C=O) groups is 1. The van der Waals surface area contributed by atoms with Gasteiger partial charge in [0, 0.05) is 29.2 Å². The highest BCUT2D eigenvalue weighted by Crippen LogP contribution is 2.23. The Labute approximate surface area is 153 Å². The second kappa shape index (κ2) is 7.35. The summed E-state index contributed by atoms with van der Waals surface area (Å²) in [6.07, 6.45) is 3.03. The number of carbonyl (C=O) groups excluding carboxylic acids is 1. The molecule has 2 heterocycles. The number of hydrogen-bond acceptors (Lipinski definition) is 4. The van der Waals surface area contributed by atoms with Crippen LogP contribution in [0.3, 0.4) is 0 Å². The van der Waals surface area contributed by atoms with Gasteiger partial charge in [-0.15, -0.1) is 0 Å². The molecular formula is C21H21N3O2. The maximum absolute atomic E-state index is 11.8. The summed E-state index contributed by atoms with van der Waals surface area (Å²) in [6, 6.07) is 17.3. The summed E-state index contributed by atoms with van der Waals surface area (Å²) in [5.41, 5.74) is 3.89. The van der Waals surface area contributed by atoms with Gasteiger partial charge in [-0.05, 0) is 57.2 Å². The molecule has 3 aromatic rings. The van der Waals surface area contributed by atoms with Crippen LogP contribution in [0.2, 0.25) is 0 Å². The molecule has 1 amide bonds. The third-order valence-corrected chi connectivity index (χ3v) is 3.55. The minimum atomic E-state index is -0.526. The van der Waals surface area contributed by atoms with Crippen LogP contribution in [0.4, 0.5) is 10.5 Å². The first-order valence-corrected chi connectivity index (χ1v) is 8.39. The Morgan fingerprint density at radius 2 is 1.46 bits per heavy atom. The SMILES string of the molecule is CC(C)(C)OC(=O)Nc1ccc(-c2cccc(-c3ccncc3)n2)cc1. The number of aromatic nitrogens is 2. The lowest BCUT2D eigenvalue weighted by Gasteiger charge is -2.19. The van der Waals surface area contributed by atoms with Crippen LogP contribution in [-0.4, -0.2) is 21.7 Å². The highest BCUT2D eigenvalue weighted by molar-refractivity contribution is 5.85. The molecule has 0 radical (unpaired) electrons. The number of ether oxygens (including phenoxy) is 1. The Balaban J connectivity index is 1.76. The summed E-state index contributed by atoms with van der Waals surface area (Å²) in [7, 11) is 0. The molecule has 0 unspecified atom stereocenters. The van der Waals surface area contributed by atoms with E-state index in [1.54, 1.807) is 12.4 Å². The zero-order valence-electron chi connectivity index (χ0n) is 15.1. The van der Waals surface area contributed by atoms with E-state index in [2.05, 4.69) is 10.3 Å². The molecule has 1 N–H and O–H groups in total. The van der Waals surface area contributed by atoms with Crippen molar-refractivity contribution in [2.45, 2.75) is 26.4 Å². The molecule has 3 rings (SSSR count). The first kappa shape index (κ1) is 17.6. The maximum atomic E-state index is 11.8. The van der Waals surface area contributed by atoms with Crippen LogP contribution in [0.5, 0.6) is 0 Å². The molecule has 0 aliphatic heterocycles. The molecule has 0 saturated carbocycles. The Bertz CT molecular complexity index is 885. The van der Waals surface area contributed by atoms with Crippen LogP contribution in [0, 0.1) is 0 Å². The van der Waals surface area contributed by atoms with Crippen molar-refractivity contribution in [3.05, 3.63) is 67.0 Å². The van der Waals surface area contributed by atoms with Crippen LogP contribution in [0.25, 0.3) is 22.5 Å². The number of benzene rings is 1. The Morgan fingerprint density at radius 3 is 2.04 bits per heavy atom. The molecule has 0 aliphatic rings. The summed E-state index contributed by atoms with van der Waals surface area (Å²) in [5, 5.41) is 2.73. The maximum Gasteiger partial charge on any atom is 0.412 e. The third-order valence-electron chi connectivity index (χ3n) is 3.55. The quantitative estimate of drug-likeness (QED) is 0.711. The standard InChI is InChI=1S/C21H21N3O2/c1-21(2,3)26-20(25)23-17-9-7-15(8-10-17)18-5-4-6-19(24-18)16-11-13-22-14-12-16/h4-14H,1-3H3,(H,23,25). The molecule has 5 heteroatoms. The minimum Gasteiger partial charge on any atom is -0.444 e. The van der Waals surface area contributed by atoms with Crippen molar-refractivity contribution >= 4 is 11.8 Å². The Morgan fingerprint density at radius 1 is 0.885 bits per heavy atom. The number of amides is 1. The highest BCUT2D eigenvalue weighted by Gasteiger charge is 2.16. The lowest BCUT2D eigenvalue weighted by atomic mass is 10.1. The number of hydrogen-bond donors (Lipinski definition) is 1. The smallest absolute Gasteiger partial charge is 0.412 e. The summed E-state index contributed by atoms with van der Waals surface area (Å²) < 4.78 is 5.25. The summed E-state index contributed by atoms with van der Waals surface area (Å²) in [4.78, 5) is 20.6. The van der Waals surface area contributed by atoms with E-state index in [-0.39, 0.29) is 0 Å². The molecule has 0 fully saturated rings. The molecule has 1 aromatic carbocycles. The normalized spacial score (nSPS) is 11.0. The number of rotatable bonds is 3. The van der Waals surface area contributed by atoms with E-state index in [9.17, 15) is 4.79 Å². The lowest BCUT2D eigenvalue weighted by Crippen LogP contribution is -2.27. The van der Waals surface area contributed by atoms with Crippen molar-refractivity contribution < 1.29 is 9.53 Å². The molecule has 132 valence electrons. The van der Waals surface area contributed by atoms with Gasteiger partial charge in [0.15, 0.2) is 0 Å². The molecule has 26 heavy (non-hydrogen) atoms. The van der Waals surface area contributed by atoms with Gasteiger partial charge < -0.3 is 4.74 Å². The topological polar surface area (TPSA) is 64.1 Å². The van der Waals surface area contributed by atoms with Gasteiger partial charge in [-0.1, -0.05) is 18.2 Å². The van der Waals surface area contributed by atoms with Crippen molar-refractivity contribution in [1.82, 2.24) is 9.97 Å². The van der Waals surface area contributed by atoms with E-state index >= 15 is 0 Å². The molecule has 0 atom stereocenters. The first-order chi connectivity index (χ1) is 12.4. The van der Waals surface area contributed by atoms with Crippen LogP contribution in [0.15, 0.2) is 67.0 Å². The van der Waals surface area contributed by atoms with Gasteiger partial charge in [-0.2, -0.15) is 0 Å². The van der Waals surface area contributed by atoms with Gasteiger partial charge in [0.2, 0.25) is 0 Å². The first-order valence-electron chi connectivity index (χ1n) is 8.39. The Kier molecular flexibility index (Phi) is 4.98. The minimum absolute atomic E-state index is 0.469. The average Bonchev–Trinajstić information content (AvgIpc) is 2.61. The van der Waals surface area contributed by atoms with E-state index < -0.39 is 11.7 Å². The van der Waals surface area contributed by atoms with E-state index in [1.165, 1.54) is 0 Å². The molecular weight excluding hydrogens is 326 g/mol. The van der Waals surface area contributed by atoms with Crippen LogP contribution in [0.1, 0.15) is 20.8 Å². The van der Waals surface area contributed by atoms with E-state index in [0.29, 0.717) is 5.69 Å². The van der Waals surface area contributed by atoms with Crippen LogP contribution >= 0.6 is 0 Å². The van der Waals surface area contributed by atoms with Gasteiger partial charge in [-0.25, -0.2) is 9.78 Å². The molecule has 0 aliphatic carbocycles. The van der Waals surface area contributed by atoms with Crippen molar-refractivity contribution in [2.75, 3.05) is 5.32 Å². The van der Waals surface area contributed by atoms with E-state index in [0.717, 1.165) is 22.5 Å². The largest absolute Gasteiger partial charge is 0.444 e. The predicted molar refractivity (Wildman–Crippen MR) is 103 cm³/mol. The van der Waals surface area contributed by atoms with Crippen LogP contribution in [-0.2, 0) is 4.74 Å². The van der Waals surface area contributed by atoms with E-state index in [4.69, 9.17) is 9.72 Å². The summed E-state index contributed by atoms with van der Waals surface area (Å²) in [6.45, 7) is 5.49. The fourth-order valence-corrected chi connectivity index (χ4v) is 2.42. The highest BCUT2D eigenvalue weighted by atomic mass is 16.6. The zero-order valence-corrected chi connectivity index (χ0v) is 15.1. The number of anilines is 1. The summed E-state index contributed by atoms with van der Waals surface area (Å²) in [5.74, 6) is 0. The van der Waals surface area contributed by atoms with Gasteiger partial charge in [-0.3, -0.25) is 10.3 Å². The molecule has 0 saturated heterocycles. The second-order valence-corrected chi connectivity index (χ2v) is 6.85. The molecule has 5 nitrogen and oxygen atoms in total. The number of nitrogens with one attached hydrogen (secondary N) is 1. The van der Waals surface area contributed by atoms with Crippen molar-refractivity contribution in [3.8, 4) is 22.5 Å². The monoisotopic (exact) mass is 347 g/mol. The number of nitrogens with zero attached hydrogens (tertiary/aromatic N) is 2. The molecule has 0 spiro atoms. The van der Waals surface area contributed by atoms with Crippen molar-refractivity contribution in [3.63, 3.8) is 0 Å². The zero-order chi connectivity index (χ0) is 18.6. The summed E-state index contributed by atoms with van der Waals surface area (Å²) >= 11 is 0. The predicted octanol–water partition coefficient (Wildman–Crippen LogP) is 5.16. The van der Waals surface area contributed by atoms with Gasteiger partial charge in [0.1, 0.15) is 5.60 Å². The third kappa shape index (κ3) is 4.66. The number of pyridine rings is 2. The van der Waals surface area contributed by atoms with Crippen molar-refractivity contribution in [1.29, 1.82) is 0 Å².